The van der Waals surface area contributed by atoms with Crippen LogP contribution >= 0.6 is 0 Å². The van der Waals surface area contributed by atoms with Crippen molar-refractivity contribution in [2.75, 3.05) is 31.1 Å². The van der Waals surface area contributed by atoms with Gasteiger partial charge in [0.25, 0.3) is 0 Å². The zero-order valence-corrected chi connectivity index (χ0v) is 13.6. The van der Waals surface area contributed by atoms with E-state index in [1.807, 2.05) is 11.4 Å². The predicted molar refractivity (Wildman–Crippen MR) is 93.0 cm³/mol. The van der Waals surface area contributed by atoms with E-state index in [4.69, 9.17) is 5.10 Å². The van der Waals surface area contributed by atoms with Gasteiger partial charge in [0.2, 0.25) is 0 Å². The molecular weight excluding hydrogens is 286 g/mol. The number of nitrogens with one attached hydrogen (secondary N) is 1. The van der Waals surface area contributed by atoms with E-state index in [1.54, 1.807) is 0 Å². The third kappa shape index (κ3) is 2.68. The fourth-order valence-corrected chi connectivity index (χ4v) is 3.06. The zero-order valence-electron chi connectivity index (χ0n) is 13.6. The molecule has 5 heteroatoms. The minimum atomic E-state index is 0.911. The van der Waals surface area contributed by atoms with Crippen LogP contribution in [0.25, 0.3) is 16.9 Å². The van der Waals surface area contributed by atoms with Crippen LogP contribution in [0.3, 0.4) is 0 Å². The Bertz CT molecular complexity index is 828. The minimum absolute atomic E-state index is 0.911. The normalized spacial score (nSPS) is 15.3. The maximum Gasteiger partial charge on any atom is 0.158 e. The molecule has 1 fully saturated rings. The molecule has 1 aliphatic rings. The first-order valence-electron chi connectivity index (χ1n) is 8.11. The first-order valence-corrected chi connectivity index (χ1v) is 8.11. The van der Waals surface area contributed by atoms with Crippen LogP contribution in [0.2, 0.25) is 0 Å². The highest BCUT2D eigenvalue weighted by atomic mass is 15.4. The third-order valence-corrected chi connectivity index (χ3v) is 4.32. The SMILES string of the molecule is Cc1ccc(-c2cc3nc(C)cc(N4CCNCC4)n3n2)cc1. The van der Waals surface area contributed by atoms with E-state index < -0.39 is 0 Å². The van der Waals surface area contributed by atoms with Crippen molar-refractivity contribution in [3.63, 3.8) is 0 Å². The van der Waals surface area contributed by atoms with E-state index in [-0.39, 0.29) is 0 Å². The quantitative estimate of drug-likeness (QED) is 0.790. The van der Waals surface area contributed by atoms with Gasteiger partial charge >= 0.3 is 0 Å². The molecule has 0 unspecified atom stereocenters. The first-order chi connectivity index (χ1) is 11.2. The Morgan fingerprint density at radius 1 is 1.00 bits per heavy atom. The summed E-state index contributed by atoms with van der Waals surface area (Å²) in [7, 11) is 0. The molecule has 0 saturated carbocycles. The van der Waals surface area contributed by atoms with Crippen molar-refractivity contribution in [3.05, 3.63) is 47.7 Å². The lowest BCUT2D eigenvalue weighted by molar-refractivity contribution is 0.579. The summed E-state index contributed by atoms with van der Waals surface area (Å²) in [5.74, 6) is 1.13. The van der Waals surface area contributed by atoms with Gasteiger partial charge in [0, 0.05) is 49.6 Å². The van der Waals surface area contributed by atoms with Crippen LogP contribution in [0.4, 0.5) is 5.82 Å². The van der Waals surface area contributed by atoms with Gasteiger partial charge in [-0.25, -0.2) is 4.98 Å². The molecule has 0 atom stereocenters. The van der Waals surface area contributed by atoms with Crippen LogP contribution in [-0.2, 0) is 0 Å². The molecule has 1 aromatic carbocycles. The zero-order chi connectivity index (χ0) is 15.8. The maximum atomic E-state index is 4.82. The highest BCUT2D eigenvalue weighted by Crippen LogP contribution is 2.24. The number of aryl methyl sites for hydroxylation is 2. The van der Waals surface area contributed by atoms with Crippen molar-refractivity contribution in [2.24, 2.45) is 0 Å². The van der Waals surface area contributed by atoms with Crippen molar-refractivity contribution in [1.82, 2.24) is 19.9 Å². The van der Waals surface area contributed by atoms with Gasteiger partial charge in [-0.15, -0.1) is 0 Å². The summed E-state index contributed by atoms with van der Waals surface area (Å²) in [6.07, 6.45) is 0. The summed E-state index contributed by atoms with van der Waals surface area (Å²) in [6.45, 7) is 8.16. The Labute approximate surface area is 136 Å². The Morgan fingerprint density at radius 3 is 2.48 bits per heavy atom. The molecule has 23 heavy (non-hydrogen) atoms. The number of fused-ring (bicyclic) bond motifs is 1. The van der Waals surface area contributed by atoms with Crippen LogP contribution in [-0.4, -0.2) is 40.8 Å². The van der Waals surface area contributed by atoms with Crippen molar-refractivity contribution in [3.8, 4) is 11.3 Å². The van der Waals surface area contributed by atoms with E-state index in [0.29, 0.717) is 0 Å². The summed E-state index contributed by atoms with van der Waals surface area (Å²) in [5.41, 5.74) is 5.30. The molecule has 5 nitrogen and oxygen atoms in total. The lowest BCUT2D eigenvalue weighted by atomic mass is 10.1. The van der Waals surface area contributed by atoms with Crippen molar-refractivity contribution in [2.45, 2.75) is 13.8 Å². The third-order valence-electron chi connectivity index (χ3n) is 4.32. The number of nitrogens with zero attached hydrogens (tertiary/aromatic N) is 4. The Kier molecular flexibility index (Phi) is 3.50. The number of hydrogen-bond acceptors (Lipinski definition) is 4. The summed E-state index contributed by atoms with van der Waals surface area (Å²) in [4.78, 5) is 7.03. The lowest BCUT2D eigenvalue weighted by Gasteiger charge is -2.29. The number of rotatable bonds is 2. The summed E-state index contributed by atoms with van der Waals surface area (Å²) < 4.78 is 1.98. The van der Waals surface area contributed by atoms with Gasteiger partial charge in [0.15, 0.2) is 5.65 Å². The monoisotopic (exact) mass is 307 g/mol. The highest BCUT2D eigenvalue weighted by Gasteiger charge is 2.16. The average molecular weight is 307 g/mol. The van der Waals surface area contributed by atoms with E-state index in [0.717, 1.165) is 54.6 Å². The second-order valence-corrected chi connectivity index (χ2v) is 6.16. The summed E-state index contributed by atoms with van der Waals surface area (Å²) in [5, 5.41) is 8.22. The number of aromatic nitrogens is 3. The van der Waals surface area contributed by atoms with Crippen LogP contribution in [0, 0.1) is 13.8 Å². The van der Waals surface area contributed by atoms with E-state index in [9.17, 15) is 0 Å². The van der Waals surface area contributed by atoms with Gasteiger partial charge in [-0.05, 0) is 13.8 Å². The summed E-state index contributed by atoms with van der Waals surface area (Å²) in [6, 6.07) is 12.7. The van der Waals surface area contributed by atoms with E-state index >= 15 is 0 Å². The van der Waals surface area contributed by atoms with Crippen molar-refractivity contribution >= 4 is 11.5 Å². The molecule has 1 aliphatic heterocycles. The fourth-order valence-electron chi connectivity index (χ4n) is 3.06. The lowest BCUT2D eigenvalue weighted by Crippen LogP contribution is -2.44. The molecule has 0 bridgehead atoms. The Balaban J connectivity index is 1.82. The predicted octanol–water partition coefficient (Wildman–Crippen LogP) is 2.42. The maximum absolute atomic E-state index is 4.82. The highest BCUT2D eigenvalue weighted by molar-refractivity contribution is 5.66. The van der Waals surface area contributed by atoms with Crippen molar-refractivity contribution in [1.29, 1.82) is 0 Å². The molecule has 118 valence electrons. The fraction of sp³-hybridized carbons (Fsp3) is 0.333. The standard InChI is InChI=1S/C18H21N5/c1-13-3-5-15(6-4-13)16-12-17-20-14(2)11-18(23(17)21-16)22-9-7-19-8-10-22/h3-6,11-12,19H,7-10H2,1-2H3. The molecule has 3 aromatic rings. The second-order valence-electron chi connectivity index (χ2n) is 6.16. The van der Waals surface area contributed by atoms with Crippen LogP contribution in [0.15, 0.2) is 36.4 Å². The van der Waals surface area contributed by atoms with Gasteiger partial charge < -0.3 is 10.2 Å². The molecule has 0 amide bonds. The summed E-state index contributed by atoms with van der Waals surface area (Å²) >= 11 is 0. The largest absolute Gasteiger partial charge is 0.354 e. The van der Waals surface area contributed by atoms with Crippen LogP contribution in [0.1, 0.15) is 11.3 Å². The first kappa shape index (κ1) is 14.2. The van der Waals surface area contributed by atoms with Gasteiger partial charge in [0.05, 0.1) is 5.69 Å². The molecular formula is C18H21N5. The minimum Gasteiger partial charge on any atom is -0.354 e. The van der Waals surface area contributed by atoms with Crippen LogP contribution in [0.5, 0.6) is 0 Å². The van der Waals surface area contributed by atoms with Crippen LogP contribution < -0.4 is 10.2 Å². The number of hydrogen-bond donors (Lipinski definition) is 1. The average Bonchev–Trinajstić information content (AvgIpc) is 2.99. The number of anilines is 1. The topological polar surface area (TPSA) is 45.5 Å². The molecule has 0 aliphatic carbocycles. The van der Waals surface area contributed by atoms with Gasteiger partial charge in [0.1, 0.15) is 5.82 Å². The van der Waals surface area contributed by atoms with Crippen molar-refractivity contribution < 1.29 is 0 Å². The van der Waals surface area contributed by atoms with Gasteiger partial charge in [-0.3, -0.25) is 0 Å². The molecule has 1 saturated heterocycles. The second kappa shape index (κ2) is 5.66. The Morgan fingerprint density at radius 2 is 1.74 bits per heavy atom. The van der Waals surface area contributed by atoms with Gasteiger partial charge in [-0.1, -0.05) is 29.8 Å². The molecule has 2 aromatic heterocycles. The van der Waals surface area contributed by atoms with E-state index in [2.05, 4.69) is 58.5 Å². The molecule has 0 spiro atoms. The van der Waals surface area contributed by atoms with Gasteiger partial charge in [-0.2, -0.15) is 9.61 Å². The molecule has 3 heterocycles. The molecule has 4 rings (SSSR count). The molecule has 1 N–H and O–H groups in total. The van der Waals surface area contributed by atoms with E-state index in [1.165, 1.54) is 5.56 Å². The number of benzene rings is 1. The smallest absolute Gasteiger partial charge is 0.158 e. The Hall–Kier alpha value is -2.40. The number of piperazine rings is 1. The molecule has 0 radical (unpaired) electrons.